The minimum atomic E-state index is 0.652. The SMILES string of the molecule is CN=C(NCc1csc(N(C)C)n1)NCc1cccc2ccccc12. The van der Waals surface area contributed by atoms with E-state index in [2.05, 4.69) is 68.5 Å². The predicted molar refractivity (Wildman–Crippen MR) is 107 cm³/mol. The minimum Gasteiger partial charge on any atom is -0.354 e. The van der Waals surface area contributed by atoms with Gasteiger partial charge in [-0.15, -0.1) is 11.3 Å². The molecule has 0 fully saturated rings. The number of nitrogens with zero attached hydrogens (tertiary/aromatic N) is 3. The standard InChI is InChI=1S/C19H23N5S/c1-20-18(22-12-16-13-25-19(23-16)24(2)3)21-11-15-9-6-8-14-7-4-5-10-17(14)15/h4-10,13H,11-12H2,1-3H3,(H2,20,21,22). The topological polar surface area (TPSA) is 52.6 Å². The number of aromatic nitrogens is 1. The highest BCUT2D eigenvalue weighted by Gasteiger charge is 2.06. The monoisotopic (exact) mass is 353 g/mol. The van der Waals surface area contributed by atoms with Crippen molar-refractivity contribution in [1.82, 2.24) is 15.6 Å². The van der Waals surface area contributed by atoms with Gasteiger partial charge in [0.2, 0.25) is 0 Å². The van der Waals surface area contributed by atoms with Crippen molar-refractivity contribution in [2.24, 2.45) is 4.99 Å². The molecule has 3 aromatic rings. The summed E-state index contributed by atoms with van der Waals surface area (Å²) in [5, 5.41) is 12.3. The Morgan fingerprint density at radius 1 is 1.08 bits per heavy atom. The zero-order chi connectivity index (χ0) is 17.6. The highest BCUT2D eigenvalue weighted by Crippen LogP contribution is 2.19. The van der Waals surface area contributed by atoms with Crippen LogP contribution in [0.2, 0.25) is 0 Å². The second kappa shape index (κ2) is 7.98. The van der Waals surface area contributed by atoms with Crippen molar-refractivity contribution in [2.75, 3.05) is 26.0 Å². The van der Waals surface area contributed by atoms with Crippen LogP contribution in [0.1, 0.15) is 11.3 Å². The van der Waals surface area contributed by atoms with Crippen LogP contribution in [0.4, 0.5) is 5.13 Å². The van der Waals surface area contributed by atoms with Gasteiger partial charge in [0.15, 0.2) is 11.1 Å². The molecule has 6 heteroatoms. The lowest BCUT2D eigenvalue weighted by Crippen LogP contribution is -2.36. The number of thiazole rings is 1. The molecule has 1 aromatic heterocycles. The molecule has 3 rings (SSSR count). The van der Waals surface area contributed by atoms with Crippen LogP contribution in [0, 0.1) is 0 Å². The van der Waals surface area contributed by atoms with E-state index in [0.29, 0.717) is 6.54 Å². The van der Waals surface area contributed by atoms with Crippen molar-refractivity contribution in [3.05, 3.63) is 59.1 Å². The van der Waals surface area contributed by atoms with Crippen molar-refractivity contribution in [3.63, 3.8) is 0 Å². The van der Waals surface area contributed by atoms with E-state index in [4.69, 9.17) is 0 Å². The molecule has 130 valence electrons. The number of nitrogens with one attached hydrogen (secondary N) is 2. The molecule has 0 amide bonds. The number of hydrogen-bond acceptors (Lipinski definition) is 4. The fraction of sp³-hybridized carbons (Fsp3) is 0.263. The van der Waals surface area contributed by atoms with Crippen LogP contribution in [0.3, 0.4) is 0 Å². The maximum absolute atomic E-state index is 4.57. The summed E-state index contributed by atoms with van der Waals surface area (Å²) in [6.07, 6.45) is 0. The highest BCUT2D eigenvalue weighted by atomic mass is 32.1. The van der Waals surface area contributed by atoms with Crippen molar-refractivity contribution < 1.29 is 0 Å². The summed E-state index contributed by atoms with van der Waals surface area (Å²) >= 11 is 1.64. The lowest BCUT2D eigenvalue weighted by molar-refractivity contribution is 0.799. The van der Waals surface area contributed by atoms with E-state index in [0.717, 1.165) is 23.3 Å². The third-order valence-electron chi connectivity index (χ3n) is 3.91. The first-order valence-electron chi connectivity index (χ1n) is 8.20. The first-order chi connectivity index (χ1) is 12.2. The smallest absolute Gasteiger partial charge is 0.191 e. The van der Waals surface area contributed by atoms with Crippen LogP contribution in [-0.2, 0) is 13.1 Å². The van der Waals surface area contributed by atoms with E-state index in [9.17, 15) is 0 Å². The second-order valence-corrected chi connectivity index (χ2v) is 6.77. The summed E-state index contributed by atoms with van der Waals surface area (Å²) in [5.74, 6) is 0.771. The molecule has 0 unspecified atom stereocenters. The summed E-state index contributed by atoms with van der Waals surface area (Å²) in [5.41, 5.74) is 2.27. The maximum Gasteiger partial charge on any atom is 0.191 e. The largest absolute Gasteiger partial charge is 0.354 e. The minimum absolute atomic E-state index is 0.652. The molecule has 0 aliphatic rings. The lowest BCUT2D eigenvalue weighted by Gasteiger charge is -2.12. The number of fused-ring (bicyclic) bond motifs is 1. The zero-order valence-corrected chi connectivity index (χ0v) is 15.6. The number of hydrogen-bond donors (Lipinski definition) is 2. The summed E-state index contributed by atoms with van der Waals surface area (Å²) in [4.78, 5) is 10.9. The van der Waals surface area contributed by atoms with Crippen LogP contribution in [0.15, 0.2) is 52.8 Å². The summed E-state index contributed by atoms with van der Waals surface area (Å²) < 4.78 is 0. The van der Waals surface area contributed by atoms with Gasteiger partial charge in [0, 0.05) is 33.1 Å². The van der Waals surface area contributed by atoms with Crippen LogP contribution >= 0.6 is 11.3 Å². The van der Waals surface area contributed by atoms with Gasteiger partial charge in [-0.2, -0.15) is 0 Å². The maximum atomic E-state index is 4.57. The van der Waals surface area contributed by atoms with Gasteiger partial charge in [-0.05, 0) is 16.3 Å². The van der Waals surface area contributed by atoms with E-state index in [-0.39, 0.29) is 0 Å². The van der Waals surface area contributed by atoms with Crippen LogP contribution in [0.25, 0.3) is 10.8 Å². The summed E-state index contributed by atoms with van der Waals surface area (Å²) in [7, 11) is 5.78. The molecule has 0 radical (unpaired) electrons. The van der Waals surface area contributed by atoms with Crippen LogP contribution in [0.5, 0.6) is 0 Å². The molecular formula is C19H23N5S. The molecular weight excluding hydrogens is 330 g/mol. The van der Waals surface area contributed by atoms with Gasteiger partial charge in [-0.25, -0.2) is 4.98 Å². The Kier molecular flexibility index (Phi) is 5.50. The van der Waals surface area contributed by atoms with Crippen molar-refractivity contribution in [2.45, 2.75) is 13.1 Å². The Morgan fingerprint density at radius 2 is 1.84 bits per heavy atom. The molecule has 0 spiro atoms. The van der Waals surface area contributed by atoms with Crippen LogP contribution < -0.4 is 15.5 Å². The summed E-state index contributed by atoms with van der Waals surface area (Å²) in [6.45, 7) is 1.38. The van der Waals surface area contributed by atoms with Gasteiger partial charge in [-0.1, -0.05) is 42.5 Å². The van der Waals surface area contributed by atoms with Gasteiger partial charge in [-0.3, -0.25) is 4.99 Å². The molecule has 0 aliphatic carbocycles. The quantitative estimate of drug-likeness (QED) is 0.546. The summed E-state index contributed by atoms with van der Waals surface area (Å²) in [6, 6.07) is 14.8. The number of rotatable bonds is 5. The number of aliphatic imine (C=N–C) groups is 1. The molecule has 0 atom stereocenters. The molecule has 0 saturated carbocycles. The first kappa shape index (κ1) is 17.2. The number of anilines is 1. The van der Waals surface area contributed by atoms with E-state index < -0.39 is 0 Å². The fourth-order valence-corrected chi connectivity index (χ4v) is 3.36. The molecule has 5 nitrogen and oxygen atoms in total. The molecule has 1 heterocycles. The Bertz CT molecular complexity index is 864. The van der Waals surface area contributed by atoms with Gasteiger partial charge >= 0.3 is 0 Å². The molecule has 2 N–H and O–H groups in total. The average molecular weight is 353 g/mol. The Balaban J connectivity index is 1.60. The van der Waals surface area contributed by atoms with E-state index in [1.807, 2.05) is 19.0 Å². The van der Waals surface area contributed by atoms with Crippen molar-refractivity contribution in [3.8, 4) is 0 Å². The second-order valence-electron chi connectivity index (χ2n) is 5.93. The van der Waals surface area contributed by atoms with Crippen LogP contribution in [-0.4, -0.2) is 32.1 Å². The molecule has 25 heavy (non-hydrogen) atoms. The van der Waals surface area contributed by atoms with Gasteiger partial charge < -0.3 is 15.5 Å². The first-order valence-corrected chi connectivity index (χ1v) is 9.08. The van der Waals surface area contributed by atoms with E-state index in [1.54, 1.807) is 18.4 Å². The van der Waals surface area contributed by atoms with E-state index >= 15 is 0 Å². The van der Waals surface area contributed by atoms with E-state index in [1.165, 1.54) is 16.3 Å². The van der Waals surface area contributed by atoms with Gasteiger partial charge in [0.05, 0.1) is 12.2 Å². The average Bonchev–Trinajstić information content (AvgIpc) is 3.11. The normalized spacial score (nSPS) is 11.6. The van der Waals surface area contributed by atoms with Gasteiger partial charge in [0.25, 0.3) is 0 Å². The third kappa shape index (κ3) is 4.28. The van der Waals surface area contributed by atoms with Crippen molar-refractivity contribution >= 4 is 33.2 Å². The molecule has 0 bridgehead atoms. The molecule has 2 aromatic carbocycles. The highest BCUT2D eigenvalue weighted by molar-refractivity contribution is 7.13. The Labute approximate surface area is 152 Å². The lowest BCUT2D eigenvalue weighted by atomic mass is 10.0. The Hall–Kier alpha value is -2.60. The number of benzene rings is 2. The predicted octanol–water partition coefficient (Wildman–Crippen LogP) is 3.23. The molecule has 0 saturated heterocycles. The number of guanidine groups is 1. The van der Waals surface area contributed by atoms with Gasteiger partial charge in [0.1, 0.15) is 0 Å². The van der Waals surface area contributed by atoms with Crippen molar-refractivity contribution in [1.29, 1.82) is 0 Å². The Morgan fingerprint density at radius 3 is 2.60 bits per heavy atom. The molecule has 0 aliphatic heterocycles. The zero-order valence-electron chi connectivity index (χ0n) is 14.8. The third-order valence-corrected chi connectivity index (χ3v) is 4.97. The fourth-order valence-electron chi connectivity index (χ4n) is 2.60.